The normalized spacial score (nSPS) is 15.2. The van der Waals surface area contributed by atoms with Crippen LogP contribution in [0.3, 0.4) is 0 Å². The Morgan fingerprint density at radius 2 is 1.83 bits per heavy atom. The third kappa shape index (κ3) is 2.30. The first-order valence-corrected chi connectivity index (χ1v) is 6.50. The Bertz CT molecular complexity index is 494. The van der Waals surface area contributed by atoms with Crippen molar-refractivity contribution in [2.24, 2.45) is 5.10 Å². The lowest BCUT2D eigenvalue weighted by Gasteiger charge is -2.18. The third-order valence-corrected chi connectivity index (χ3v) is 3.22. The monoisotopic (exact) mass is 244 g/mol. The van der Waals surface area contributed by atoms with Gasteiger partial charge in [-0.25, -0.2) is 0 Å². The van der Waals surface area contributed by atoms with Crippen molar-refractivity contribution in [1.82, 2.24) is 0 Å². The first kappa shape index (κ1) is 12.8. The standard InChI is InChI=1S/C15H20N2O/c1-5-6-13-9-14(18)17(16-13)15-11(3)7-10(2)8-12(15)4/h7-8H,5-6,9H2,1-4H3. The predicted octanol–water partition coefficient (Wildman–Crippen LogP) is 3.50. The van der Waals surface area contributed by atoms with E-state index in [-0.39, 0.29) is 5.91 Å². The van der Waals surface area contributed by atoms with Gasteiger partial charge in [-0.1, -0.05) is 31.0 Å². The van der Waals surface area contributed by atoms with E-state index in [0.29, 0.717) is 6.42 Å². The Kier molecular flexibility index (Phi) is 3.50. The van der Waals surface area contributed by atoms with Crippen LogP contribution in [0.5, 0.6) is 0 Å². The Hall–Kier alpha value is -1.64. The van der Waals surface area contributed by atoms with Crippen LogP contribution in [0, 0.1) is 20.8 Å². The zero-order valence-electron chi connectivity index (χ0n) is 11.6. The van der Waals surface area contributed by atoms with Crippen molar-refractivity contribution in [3.8, 4) is 0 Å². The fourth-order valence-corrected chi connectivity index (χ4v) is 2.59. The summed E-state index contributed by atoms with van der Waals surface area (Å²) in [5.74, 6) is 0.0912. The minimum Gasteiger partial charge on any atom is -0.272 e. The van der Waals surface area contributed by atoms with Crippen molar-refractivity contribution in [3.05, 3.63) is 28.8 Å². The highest BCUT2D eigenvalue weighted by atomic mass is 16.2. The molecule has 3 heteroatoms. The molecule has 0 saturated carbocycles. The van der Waals surface area contributed by atoms with Crippen LogP contribution in [0.4, 0.5) is 5.69 Å². The molecule has 1 aliphatic heterocycles. The smallest absolute Gasteiger partial charge is 0.253 e. The summed E-state index contributed by atoms with van der Waals surface area (Å²) in [6.07, 6.45) is 2.42. The average molecular weight is 244 g/mol. The van der Waals surface area contributed by atoms with Crippen LogP contribution in [0.2, 0.25) is 0 Å². The molecule has 0 saturated heterocycles. The van der Waals surface area contributed by atoms with Crippen LogP contribution < -0.4 is 5.01 Å². The molecule has 0 aliphatic carbocycles. The summed E-state index contributed by atoms with van der Waals surface area (Å²) < 4.78 is 0. The van der Waals surface area contributed by atoms with Crippen molar-refractivity contribution in [2.75, 3.05) is 5.01 Å². The second-order valence-corrected chi connectivity index (χ2v) is 5.05. The molecule has 1 heterocycles. The van der Waals surface area contributed by atoms with Crippen LogP contribution in [0.25, 0.3) is 0 Å². The molecule has 1 aromatic carbocycles. The maximum absolute atomic E-state index is 12.1. The second-order valence-electron chi connectivity index (χ2n) is 5.05. The summed E-state index contributed by atoms with van der Waals surface area (Å²) >= 11 is 0. The minimum atomic E-state index is 0.0912. The van der Waals surface area contributed by atoms with Gasteiger partial charge in [-0.3, -0.25) is 4.79 Å². The van der Waals surface area contributed by atoms with Crippen LogP contribution in [0.1, 0.15) is 42.9 Å². The molecule has 1 amide bonds. The summed E-state index contributed by atoms with van der Waals surface area (Å²) in [6, 6.07) is 4.20. The van der Waals surface area contributed by atoms with Crippen LogP contribution >= 0.6 is 0 Å². The van der Waals surface area contributed by atoms with Crippen LogP contribution in [0.15, 0.2) is 17.2 Å². The number of carbonyl (C=O) groups is 1. The van der Waals surface area contributed by atoms with Crippen LogP contribution in [-0.4, -0.2) is 11.6 Å². The third-order valence-electron chi connectivity index (χ3n) is 3.22. The van der Waals surface area contributed by atoms with Gasteiger partial charge in [-0.15, -0.1) is 0 Å². The molecule has 96 valence electrons. The van der Waals surface area contributed by atoms with Crippen molar-refractivity contribution in [3.63, 3.8) is 0 Å². The minimum absolute atomic E-state index is 0.0912. The maximum Gasteiger partial charge on any atom is 0.253 e. The number of carbonyl (C=O) groups excluding carboxylic acids is 1. The van der Waals surface area contributed by atoms with Gasteiger partial charge in [0.2, 0.25) is 0 Å². The van der Waals surface area contributed by atoms with E-state index in [4.69, 9.17) is 0 Å². The number of benzene rings is 1. The Balaban J connectivity index is 2.40. The summed E-state index contributed by atoms with van der Waals surface area (Å²) in [4.78, 5) is 12.1. The summed E-state index contributed by atoms with van der Waals surface area (Å²) in [5, 5.41) is 6.07. The zero-order chi connectivity index (χ0) is 13.3. The fraction of sp³-hybridized carbons (Fsp3) is 0.467. The molecule has 0 aromatic heterocycles. The van der Waals surface area contributed by atoms with Gasteiger partial charge >= 0.3 is 0 Å². The zero-order valence-corrected chi connectivity index (χ0v) is 11.6. The second kappa shape index (κ2) is 4.92. The molecule has 18 heavy (non-hydrogen) atoms. The van der Waals surface area contributed by atoms with E-state index in [1.807, 2.05) is 13.8 Å². The highest BCUT2D eigenvalue weighted by Gasteiger charge is 2.26. The number of hydrogen-bond donors (Lipinski definition) is 0. The lowest BCUT2D eigenvalue weighted by Crippen LogP contribution is -2.21. The van der Waals surface area contributed by atoms with E-state index in [9.17, 15) is 4.79 Å². The topological polar surface area (TPSA) is 32.7 Å². The number of amides is 1. The molecule has 1 aliphatic rings. The maximum atomic E-state index is 12.1. The molecule has 0 bridgehead atoms. The summed E-state index contributed by atoms with van der Waals surface area (Å²) in [7, 11) is 0. The van der Waals surface area contributed by atoms with E-state index < -0.39 is 0 Å². The van der Waals surface area contributed by atoms with Crippen molar-refractivity contribution in [1.29, 1.82) is 0 Å². The number of rotatable bonds is 3. The largest absolute Gasteiger partial charge is 0.272 e. The molecule has 0 N–H and O–H groups in total. The SMILES string of the molecule is CCCC1=NN(c2c(C)cc(C)cc2C)C(=O)C1. The summed E-state index contributed by atoms with van der Waals surface area (Å²) in [5.41, 5.74) is 5.40. The Morgan fingerprint density at radius 1 is 1.22 bits per heavy atom. The van der Waals surface area contributed by atoms with E-state index in [2.05, 4.69) is 31.1 Å². The Morgan fingerprint density at radius 3 is 2.39 bits per heavy atom. The van der Waals surface area contributed by atoms with Gasteiger partial charge in [0, 0.05) is 5.71 Å². The highest BCUT2D eigenvalue weighted by molar-refractivity contribution is 6.13. The molecule has 0 radical (unpaired) electrons. The number of hydrazone groups is 1. The molecule has 3 nitrogen and oxygen atoms in total. The van der Waals surface area contributed by atoms with Crippen molar-refractivity contribution in [2.45, 2.75) is 47.0 Å². The van der Waals surface area contributed by atoms with E-state index in [0.717, 1.165) is 35.4 Å². The van der Waals surface area contributed by atoms with E-state index in [1.165, 1.54) is 5.56 Å². The lowest BCUT2D eigenvalue weighted by atomic mass is 10.0. The van der Waals surface area contributed by atoms with Crippen LogP contribution in [-0.2, 0) is 4.79 Å². The first-order valence-electron chi connectivity index (χ1n) is 6.50. The van der Waals surface area contributed by atoms with Gasteiger partial charge < -0.3 is 0 Å². The number of hydrogen-bond acceptors (Lipinski definition) is 2. The number of anilines is 1. The molecule has 0 atom stereocenters. The molecular weight excluding hydrogens is 224 g/mol. The fourth-order valence-electron chi connectivity index (χ4n) is 2.59. The number of aryl methyl sites for hydroxylation is 3. The van der Waals surface area contributed by atoms with Gasteiger partial charge in [0.05, 0.1) is 12.1 Å². The van der Waals surface area contributed by atoms with Gasteiger partial charge in [0.1, 0.15) is 0 Å². The summed E-state index contributed by atoms with van der Waals surface area (Å²) in [6.45, 7) is 8.26. The van der Waals surface area contributed by atoms with Gasteiger partial charge in [0.25, 0.3) is 5.91 Å². The molecule has 0 unspecified atom stereocenters. The van der Waals surface area contributed by atoms with Gasteiger partial charge in [0.15, 0.2) is 0 Å². The quantitative estimate of drug-likeness (QED) is 0.801. The van der Waals surface area contributed by atoms with Gasteiger partial charge in [-0.2, -0.15) is 10.1 Å². The average Bonchev–Trinajstić information content (AvgIpc) is 2.59. The van der Waals surface area contributed by atoms with E-state index >= 15 is 0 Å². The molecule has 2 rings (SSSR count). The lowest BCUT2D eigenvalue weighted by molar-refractivity contribution is -0.116. The molecule has 0 spiro atoms. The van der Waals surface area contributed by atoms with Crippen molar-refractivity contribution >= 4 is 17.3 Å². The predicted molar refractivity (Wildman–Crippen MR) is 75.1 cm³/mol. The highest BCUT2D eigenvalue weighted by Crippen LogP contribution is 2.29. The van der Waals surface area contributed by atoms with Gasteiger partial charge in [-0.05, 0) is 38.3 Å². The molecule has 1 aromatic rings. The first-order chi connectivity index (χ1) is 8.52. The number of nitrogens with zero attached hydrogens (tertiary/aromatic N) is 2. The molecular formula is C15H20N2O. The Labute approximate surface area is 108 Å². The van der Waals surface area contributed by atoms with Crippen molar-refractivity contribution < 1.29 is 4.79 Å². The molecule has 0 fully saturated rings. The van der Waals surface area contributed by atoms with E-state index in [1.54, 1.807) is 5.01 Å².